The fourth-order valence-corrected chi connectivity index (χ4v) is 3.16. The number of carbonyl (C=O) groups is 1. The van der Waals surface area contributed by atoms with E-state index in [-0.39, 0.29) is 5.91 Å². The Labute approximate surface area is 128 Å². The van der Waals surface area contributed by atoms with E-state index in [1.54, 1.807) is 0 Å². The van der Waals surface area contributed by atoms with Gasteiger partial charge in [0, 0.05) is 18.3 Å². The number of rotatable bonds is 7. The van der Waals surface area contributed by atoms with Gasteiger partial charge in [-0.2, -0.15) is 0 Å². The molecule has 1 atom stereocenters. The van der Waals surface area contributed by atoms with Crippen molar-refractivity contribution in [1.29, 1.82) is 0 Å². The first-order valence-corrected chi connectivity index (χ1v) is 8.17. The molecule has 1 N–H and O–H groups in total. The number of hydrogen-bond donors (Lipinski definition) is 1. The molecule has 0 saturated heterocycles. The van der Waals surface area contributed by atoms with Crippen molar-refractivity contribution >= 4 is 11.6 Å². The lowest BCUT2D eigenvalue weighted by Gasteiger charge is -2.26. The Hall–Kier alpha value is -1.35. The maximum atomic E-state index is 12.8. The molecule has 3 nitrogen and oxygen atoms in total. The molecule has 0 radical (unpaired) electrons. The highest BCUT2D eigenvalue weighted by Crippen LogP contribution is 2.41. The molecule has 0 spiro atoms. The molecule has 1 aliphatic heterocycles. The van der Waals surface area contributed by atoms with Crippen LogP contribution in [-0.4, -0.2) is 25.0 Å². The predicted molar refractivity (Wildman–Crippen MR) is 88.8 cm³/mol. The average Bonchev–Trinajstić information content (AvgIpc) is 2.66. The third-order valence-corrected chi connectivity index (χ3v) is 4.37. The van der Waals surface area contributed by atoms with Crippen molar-refractivity contribution in [3.8, 4) is 0 Å². The number of nitrogens with one attached hydrogen (secondary N) is 1. The summed E-state index contributed by atoms with van der Waals surface area (Å²) in [6, 6.07) is 8.58. The van der Waals surface area contributed by atoms with E-state index in [1.807, 2.05) is 30.9 Å². The lowest BCUT2D eigenvalue weighted by Crippen LogP contribution is -2.45. The first-order valence-electron chi connectivity index (χ1n) is 8.17. The van der Waals surface area contributed by atoms with Gasteiger partial charge in [0.15, 0.2) is 0 Å². The van der Waals surface area contributed by atoms with Crippen LogP contribution in [0.3, 0.4) is 0 Å². The van der Waals surface area contributed by atoms with Gasteiger partial charge in [0.2, 0.25) is 5.91 Å². The molecule has 1 heterocycles. The Balaban J connectivity index is 2.21. The van der Waals surface area contributed by atoms with Gasteiger partial charge < -0.3 is 10.2 Å². The number of para-hydroxylation sites is 1. The zero-order chi connectivity index (χ0) is 15.5. The van der Waals surface area contributed by atoms with E-state index in [2.05, 4.69) is 31.3 Å². The number of nitrogens with zero attached hydrogens (tertiary/aromatic N) is 1. The van der Waals surface area contributed by atoms with E-state index >= 15 is 0 Å². The molecule has 0 fully saturated rings. The smallest absolute Gasteiger partial charge is 0.237 e. The Morgan fingerprint density at radius 1 is 1.19 bits per heavy atom. The van der Waals surface area contributed by atoms with Gasteiger partial charge in [-0.15, -0.1) is 0 Å². The summed E-state index contributed by atoms with van der Waals surface area (Å²) in [5.74, 6) is 0.225. The van der Waals surface area contributed by atoms with Gasteiger partial charge in [0.1, 0.15) is 0 Å². The number of benzene rings is 1. The molecule has 0 saturated carbocycles. The van der Waals surface area contributed by atoms with Crippen molar-refractivity contribution in [2.24, 2.45) is 0 Å². The van der Waals surface area contributed by atoms with Crippen LogP contribution in [0, 0.1) is 0 Å². The standard InChI is InChI=1S/C18H28N2O/c1-5-9-14(19-12-6-2)13-20-16-11-8-7-10-15(16)18(3,4)17(20)21/h7-8,10-11,14,19H,5-6,9,12-13H2,1-4H3. The van der Waals surface area contributed by atoms with Crippen molar-refractivity contribution in [1.82, 2.24) is 5.32 Å². The first kappa shape index (κ1) is 16.0. The van der Waals surface area contributed by atoms with Crippen molar-refractivity contribution in [2.75, 3.05) is 18.0 Å². The molecule has 116 valence electrons. The third-order valence-electron chi connectivity index (χ3n) is 4.37. The van der Waals surface area contributed by atoms with Crippen LogP contribution in [0.4, 0.5) is 5.69 Å². The summed E-state index contributed by atoms with van der Waals surface area (Å²) in [5.41, 5.74) is 1.84. The molecular weight excluding hydrogens is 260 g/mol. The maximum Gasteiger partial charge on any atom is 0.237 e. The van der Waals surface area contributed by atoms with Gasteiger partial charge >= 0.3 is 0 Å². The minimum absolute atomic E-state index is 0.225. The summed E-state index contributed by atoms with van der Waals surface area (Å²) < 4.78 is 0. The molecule has 1 aromatic carbocycles. The zero-order valence-corrected chi connectivity index (χ0v) is 13.8. The molecule has 2 rings (SSSR count). The van der Waals surface area contributed by atoms with Crippen molar-refractivity contribution < 1.29 is 4.79 Å². The van der Waals surface area contributed by atoms with Gasteiger partial charge in [-0.1, -0.05) is 38.5 Å². The number of hydrogen-bond acceptors (Lipinski definition) is 2. The number of anilines is 1. The van der Waals surface area contributed by atoms with Crippen LogP contribution in [0.1, 0.15) is 52.5 Å². The van der Waals surface area contributed by atoms with E-state index in [9.17, 15) is 4.79 Å². The summed E-state index contributed by atoms with van der Waals surface area (Å²) in [7, 11) is 0. The molecule has 21 heavy (non-hydrogen) atoms. The van der Waals surface area contributed by atoms with Crippen molar-refractivity contribution in [3.05, 3.63) is 29.8 Å². The lowest BCUT2D eigenvalue weighted by atomic mass is 9.86. The highest BCUT2D eigenvalue weighted by molar-refractivity contribution is 6.07. The average molecular weight is 288 g/mol. The summed E-state index contributed by atoms with van der Waals surface area (Å²) in [6.07, 6.45) is 3.36. The van der Waals surface area contributed by atoms with Gasteiger partial charge in [-0.3, -0.25) is 4.79 Å². The molecule has 0 aromatic heterocycles. The zero-order valence-electron chi connectivity index (χ0n) is 13.8. The second-order valence-corrected chi connectivity index (χ2v) is 6.50. The second-order valence-electron chi connectivity index (χ2n) is 6.50. The van der Waals surface area contributed by atoms with Crippen LogP contribution in [0.25, 0.3) is 0 Å². The molecule has 1 aromatic rings. The number of amides is 1. The van der Waals surface area contributed by atoms with Crippen LogP contribution in [0.2, 0.25) is 0 Å². The summed E-state index contributed by atoms with van der Waals surface area (Å²) in [5, 5.41) is 3.58. The summed E-state index contributed by atoms with van der Waals surface area (Å²) in [4.78, 5) is 14.8. The van der Waals surface area contributed by atoms with Gasteiger partial charge in [-0.25, -0.2) is 0 Å². The molecule has 1 unspecified atom stereocenters. The topological polar surface area (TPSA) is 32.3 Å². The molecule has 0 aliphatic carbocycles. The monoisotopic (exact) mass is 288 g/mol. The SMILES string of the molecule is CCCNC(CCC)CN1C(=O)C(C)(C)c2ccccc21. The highest BCUT2D eigenvalue weighted by Gasteiger charge is 2.43. The van der Waals surface area contributed by atoms with Crippen LogP contribution < -0.4 is 10.2 Å². The quantitative estimate of drug-likeness (QED) is 0.833. The first-order chi connectivity index (χ1) is 10.0. The van der Waals surface area contributed by atoms with Gasteiger partial charge in [0.25, 0.3) is 0 Å². The Morgan fingerprint density at radius 2 is 1.90 bits per heavy atom. The minimum atomic E-state index is -0.405. The van der Waals surface area contributed by atoms with E-state index in [0.29, 0.717) is 6.04 Å². The fourth-order valence-electron chi connectivity index (χ4n) is 3.16. The minimum Gasteiger partial charge on any atom is -0.312 e. The van der Waals surface area contributed by atoms with Crippen LogP contribution in [0.5, 0.6) is 0 Å². The largest absolute Gasteiger partial charge is 0.312 e. The normalized spacial score (nSPS) is 17.9. The second kappa shape index (κ2) is 6.61. The summed E-state index contributed by atoms with van der Waals surface area (Å²) >= 11 is 0. The van der Waals surface area contributed by atoms with Crippen molar-refractivity contribution in [3.63, 3.8) is 0 Å². The third kappa shape index (κ3) is 3.13. The van der Waals surface area contributed by atoms with E-state index < -0.39 is 5.41 Å². The van der Waals surface area contributed by atoms with Crippen LogP contribution >= 0.6 is 0 Å². The van der Waals surface area contributed by atoms with Crippen LogP contribution in [-0.2, 0) is 10.2 Å². The fraction of sp³-hybridized carbons (Fsp3) is 0.611. The van der Waals surface area contributed by atoms with Gasteiger partial charge in [-0.05, 0) is 44.9 Å². The Bertz CT molecular complexity index is 496. The predicted octanol–water partition coefficient (Wildman–Crippen LogP) is 3.48. The molecule has 1 aliphatic rings. The highest BCUT2D eigenvalue weighted by atomic mass is 16.2. The number of carbonyl (C=O) groups excluding carboxylic acids is 1. The molecule has 3 heteroatoms. The summed E-state index contributed by atoms with van der Waals surface area (Å²) in [6.45, 7) is 10.2. The number of fused-ring (bicyclic) bond motifs is 1. The molecule has 0 bridgehead atoms. The lowest BCUT2D eigenvalue weighted by molar-refractivity contribution is -0.122. The van der Waals surface area contributed by atoms with Gasteiger partial charge in [0.05, 0.1) is 5.41 Å². The van der Waals surface area contributed by atoms with Crippen LogP contribution in [0.15, 0.2) is 24.3 Å². The van der Waals surface area contributed by atoms with E-state index in [4.69, 9.17) is 0 Å². The molecule has 1 amide bonds. The Kier molecular flexibility index (Phi) is 5.04. The van der Waals surface area contributed by atoms with Crippen molar-refractivity contribution in [2.45, 2.75) is 58.4 Å². The van der Waals surface area contributed by atoms with E-state index in [0.717, 1.165) is 43.6 Å². The Morgan fingerprint density at radius 3 is 2.57 bits per heavy atom. The molecular formula is C18H28N2O. The van der Waals surface area contributed by atoms with E-state index in [1.165, 1.54) is 0 Å². The maximum absolute atomic E-state index is 12.8.